The molecule has 1 aromatic rings. The summed E-state index contributed by atoms with van der Waals surface area (Å²) in [5.74, 6) is 0.323. The number of carbonyl (C=O) groups excluding carboxylic acids is 1. The molecule has 6 nitrogen and oxygen atoms in total. The number of methoxy groups -OCH3 is 1. The number of rotatable bonds is 3. The maximum atomic E-state index is 11.4. The number of phenols is 1. The molecule has 0 radical (unpaired) electrons. The van der Waals surface area contributed by atoms with Gasteiger partial charge in [0.15, 0.2) is 11.5 Å². The van der Waals surface area contributed by atoms with Crippen LogP contribution in [0.15, 0.2) is 21.7 Å². The van der Waals surface area contributed by atoms with Gasteiger partial charge in [-0.05, 0) is 48.8 Å². The minimum atomic E-state index is -0.643. The van der Waals surface area contributed by atoms with Crippen molar-refractivity contribution in [2.75, 3.05) is 7.11 Å². The Morgan fingerprint density at radius 3 is 2.65 bits per heavy atom. The Balaban J connectivity index is 2.74. The number of nitrogens with zero attached hydrogens (tertiary/aromatic N) is 1. The minimum absolute atomic E-state index is 0.0108. The summed E-state index contributed by atoms with van der Waals surface area (Å²) in [5.41, 5.74) is 2.30. The van der Waals surface area contributed by atoms with E-state index in [4.69, 9.17) is 9.47 Å². The molecule has 0 aliphatic rings. The number of hydrazone groups is 1. The second-order valence-corrected chi connectivity index (χ2v) is 5.77. The molecule has 0 unspecified atom stereocenters. The van der Waals surface area contributed by atoms with Crippen molar-refractivity contribution < 1.29 is 19.4 Å². The van der Waals surface area contributed by atoms with Gasteiger partial charge >= 0.3 is 6.09 Å². The molecule has 7 heteroatoms. The average Bonchev–Trinajstić information content (AvgIpc) is 2.29. The molecule has 0 aliphatic heterocycles. The van der Waals surface area contributed by atoms with Gasteiger partial charge in [0.05, 0.1) is 13.3 Å². The third-order valence-electron chi connectivity index (χ3n) is 2.06. The molecule has 1 aromatic carbocycles. The van der Waals surface area contributed by atoms with Crippen LogP contribution in [-0.4, -0.2) is 30.1 Å². The van der Waals surface area contributed by atoms with Crippen molar-refractivity contribution in [1.29, 1.82) is 0 Å². The molecular formula is C13H17BrN2O4. The van der Waals surface area contributed by atoms with E-state index >= 15 is 0 Å². The molecular weight excluding hydrogens is 328 g/mol. The van der Waals surface area contributed by atoms with Crippen LogP contribution in [0.4, 0.5) is 4.79 Å². The molecule has 1 rings (SSSR count). The van der Waals surface area contributed by atoms with Crippen LogP contribution in [0.1, 0.15) is 26.3 Å². The van der Waals surface area contributed by atoms with Crippen LogP contribution < -0.4 is 10.2 Å². The van der Waals surface area contributed by atoms with Gasteiger partial charge in [-0.3, -0.25) is 0 Å². The van der Waals surface area contributed by atoms with E-state index in [1.54, 1.807) is 26.8 Å². The Labute approximate surface area is 125 Å². The number of hydrogen-bond donors (Lipinski definition) is 2. The van der Waals surface area contributed by atoms with Crippen molar-refractivity contribution in [3.05, 3.63) is 22.2 Å². The van der Waals surface area contributed by atoms with E-state index in [-0.39, 0.29) is 5.75 Å². The minimum Gasteiger partial charge on any atom is -0.504 e. The van der Waals surface area contributed by atoms with E-state index in [9.17, 15) is 9.90 Å². The summed E-state index contributed by atoms with van der Waals surface area (Å²) >= 11 is 3.28. The standard InChI is InChI=1S/C13H17BrN2O4/c1-13(2,3)20-12(18)16-15-7-8-5-11(19-4)10(17)6-9(8)14/h5-7,17H,1-4H3,(H,16,18). The molecule has 2 N–H and O–H groups in total. The maximum absolute atomic E-state index is 11.4. The second-order valence-electron chi connectivity index (χ2n) is 4.92. The predicted octanol–water partition coefficient (Wildman–Crippen LogP) is 3.02. The highest BCUT2D eigenvalue weighted by Crippen LogP contribution is 2.31. The van der Waals surface area contributed by atoms with Gasteiger partial charge in [0.25, 0.3) is 0 Å². The van der Waals surface area contributed by atoms with Gasteiger partial charge in [0.1, 0.15) is 5.60 Å². The van der Waals surface area contributed by atoms with E-state index < -0.39 is 11.7 Å². The van der Waals surface area contributed by atoms with Gasteiger partial charge in [-0.2, -0.15) is 5.10 Å². The lowest BCUT2D eigenvalue weighted by atomic mass is 10.2. The first-order chi connectivity index (χ1) is 9.23. The number of amides is 1. The molecule has 1 amide bonds. The van der Waals surface area contributed by atoms with Gasteiger partial charge in [0, 0.05) is 10.0 Å². The van der Waals surface area contributed by atoms with Gasteiger partial charge in [-0.15, -0.1) is 0 Å². The maximum Gasteiger partial charge on any atom is 0.428 e. The van der Waals surface area contributed by atoms with Crippen LogP contribution in [0.5, 0.6) is 11.5 Å². The fourth-order valence-corrected chi connectivity index (χ4v) is 1.71. The molecule has 20 heavy (non-hydrogen) atoms. The van der Waals surface area contributed by atoms with Crippen molar-refractivity contribution >= 4 is 28.2 Å². The van der Waals surface area contributed by atoms with E-state index in [0.29, 0.717) is 15.8 Å². The second kappa shape index (κ2) is 6.60. The SMILES string of the molecule is COc1cc(C=NNC(=O)OC(C)(C)C)c(Br)cc1O. The summed E-state index contributed by atoms with van der Waals surface area (Å²) in [6, 6.07) is 3.06. The highest BCUT2D eigenvalue weighted by Gasteiger charge is 2.15. The van der Waals surface area contributed by atoms with E-state index in [1.165, 1.54) is 19.4 Å². The molecule has 110 valence electrons. The number of nitrogens with one attached hydrogen (secondary N) is 1. The van der Waals surface area contributed by atoms with Gasteiger partial charge < -0.3 is 14.6 Å². The first kappa shape index (κ1) is 16.3. The smallest absolute Gasteiger partial charge is 0.428 e. The Morgan fingerprint density at radius 1 is 1.45 bits per heavy atom. The molecule has 0 bridgehead atoms. The number of ether oxygens (including phenoxy) is 2. The number of hydrogen-bond acceptors (Lipinski definition) is 5. The van der Waals surface area contributed by atoms with Gasteiger partial charge in [0.2, 0.25) is 0 Å². The largest absolute Gasteiger partial charge is 0.504 e. The highest BCUT2D eigenvalue weighted by atomic mass is 79.9. The van der Waals surface area contributed by atoms with Crippen LogP contribution in [0.25, 0.3) is 0 Å². The molecule has 0 spiro atoms. The Bertz CT molecular complexity index is 524. The predicted molar refractivity (Wildman–Crippen MR) is 79.3 cm³/mol. The van der Waals surface area contributed by atoms with E-state index in [0.717, 1.165) is 0 Å². The van der Waals surface area contributed by atoms with E-state index in [2.05, 4.69) is 26.5 Å². The summed E-state index contributed by atoms with van der Waals surface area (Å²) < 4.78 is 10.6. The summed E-state index contributed by atoms with van der Waals surface area (Å²) in [5, 5.41) is 13.3. The first-order valence-electron chi connectivity index (χ1n) is 5.81. The number of benzene rings is 1. The highest BCUT2D eigenvalue weighted by molar-refractivity contribution is 9.10. The zero-order valence-corrected chi connectivity index (χ0v) is 13.3. The zero-order chi connectivity index (χ0) is 15.3. The Hall–Kier alpha value is -1.76. The summed E-state index contributed by atoms with van der Waals surface area (Å²) in [7, 11) is 1.45. The molecule has 0 saturated heterocycles. The molecule has 0 fully saturated rings. The molecule has 0 aromatic heterocycles. The summed E-state index contributed by atoms with van der Waals surface area (Å²) in [6.07, 6.45) is 0.770. The average molecular weight is 345 g/mol. The molecule has 0 aliphatic carbocycles. The Morgan fingerprint density at radius 2 is 2.10 bits per heavy atom. The molecule has 0 heterocycles. The van der Waals surface area contributed by atoms with Crippen LogP contribution in [0.3, 0.4) is 0 Å². The molecule has 0 saturated carbocycles. The normalized spacial score (nSPS) is 11.4. The lowest BCUT2D eigenvalue weighted by molar-refractivity contribution is 0.0529. The first-order valence-corrected chi connectivity index (χ1v) is 6.61. The van der Waals surface area contributed by atoms with Crippen LogP contribution >= 0.6 is 15.9 Å². The van der Waals surface area contributed by atoms with Crippen LogP contribution in [0, 0.1) is 0 Å². The van der Waals surface area contributed by atoms with Crippen molar-refractivity contribution in [3.8, 4) is 11.5 Å². The lowest BCUT2D eigenvalue weighted by Crippen LogP contribution is -2.29. The number of phenolic OH excluding ortho intramolecular Hbond substituents is 1. The van der Waals surface area contributed by atoms with Crippen molar-refractivity contribution in [1.82, 2.24) is 5.43 Å². The summed E-state index contributed by atoms with van der Waals surface area (Å²) in [6.45, 7) is 5.28. The van der Waals surface area contributed by atoms with Gasteiger partial charge in [-0.1, -0.05) is 0 Å². The topological polar surface area (TPSA) is 80.2 Å². The van der Waals surface area contributed by atoms with Gasteiger partial charge in [-0.25, -0.2) is 10.2 Å². The third kappa shape index (κ3) is 5.08. The van der Waals surface area contributed by atoms with E-state index in [1.807, 2.05) is 0 Å². The zero-order valence-electron chi connectivity index (χ0n) is 11.7. The third-order valence-corrected chi connectivity index (χ3v) is 2.74. The quantitative estimate of drug-likeness (QED) is 0.652. The van der Waals surface area contributed by atoms with Crippen LogP contribution in [0.2, 0.25) is 0 Å². The van der Waals surface area contributed by atoms with Crippen molar-refractivity contribution in [2.24, 2.45) is 5.10 Å². The molecule has 0 atom stereocenters. The number of carbonyl (C=O) groups is 1. The summed E-state index contributed by atoms with van der Waals surface area (Å²) in [4.78, 5) is 11.4. The van der Waals surface area contributed by atoms with Crippen LogP contribution in [-0.2, 0) is 4.74 Å². The monoisotopic (exact) mass is 344 g/mol. The number of halogens is 1. The fourth-order valence-electron chi connectivity index (χ4n) is 1.28. The fraction of sp³-hybridized carbons (Fsp3) is 0.385. The lowest BCUT2D eigenvalue weighted by Gasteiger charge is -2.18. The number of aromatic hydroxyl groups is 1. The Kier molecular flexibility index (Phi) is 5.38. The van der Waals surface area contributed by atoms with Crippen molar-refractivity contribution in [2.45, 2.75) is 26.4 Å². The van der Waals surface area contributed by atoms with Crippen molar-refractivity contribution in [3.63, 3.8) is 0 Å².